The van der Waals surface area contributed by atoms with Gasteiger partial charge in [-0.05, 0) is 37.1 Å². The van der Waals surface area contributed by atoms with Crippen LogP contribution in [0.25, 0.3) is 0 Å². The van der Waals surface area contributed by atoms with E-state index in [0.717, 1.165) is 12.8 Å². The number of halogens is 1. The van der Waals surface area contributed by atoms with Crippen molar-refractivity contribution in [2.75, 3.05) is 13.1 Å². The maximum Gasteiger partial charge on any atom is 0.222 e. The Hall–Kier alpha value is -1.35. The zero-order valence-corrected chi connectivity index (χ0v) is 10.2. The van der Waals surface area contributed by atoms with Crippen LogP contribution in [0.4, 0.5) is 0 Å². The van der Waals surface area contributed by atoms with E-state index in [0.29, 0.717) is 23.6 Å². The molecule has 1 saturated heterocycles. The summed E-state index contributed by atoms with van der Waals surface area (Å²) in [6, 6.07) is 6.76. The van der Waals surface area contributed by atoms with E-state index in [9.17, 15) is 9.59 Å². The van der Waals surface area contributed by atoms with Gasteiger partial charge in [0.2, 0.25) is 5.91 Å². The van der Waals surface area contributed by atoms with Crippen molar-refractivity contribution in [1.82, 2.24) is 4.90 Å². The van der Waals surface area contributed by atoms with Crippen LogP contribution in [-0.4, -0.2) is 29.7 Å². The number of hydrogen-bond donors (Lipinski definition) is 0. The molecule has 2 rings (SSSR count). The summed E-state index contributed by atoms with van der Waals surface area (Å²) < 4.78 is 0. The minimum atomic E-state index is -0.0306. The summed E-state index contributed by atoms with van der Waals surface area (Å²) in [6.07, 6.45) is 2.48. The second-order valence-electron chi connectivity index (χ2n) is 4.20. The molecule has 0 unspecified atom stereocenters. The van der Waals surface area contributed by atoms with Gasteiger partial charge in [-0.3, -0.25) is 9.59 Å². The predicted molar refractivity (Wildman–Crippen MR) is 66.2 cm³/mol. The third kappa shape index (κ3) is 3.07. The van der Waals surface area contributed by atoms with Gasteiger partial charge < -0.3 is 4.90 Å². The highest BCUT2D eigenvalue weighted by molar-refractivity contribution is 6.30. The number of piperidine rings is 1. The predicted octanol–water partition coefficient (Wildman–Crippen LogP) is 2.54. The molecule has 0 saturated carbocycles. The summed E-state index contributed by atoms with van der Waals surface area (Å²) in [7, 11) is 0. The zero-order chi connectivity index (χ0) is 12.3. The van der Waals surface area contributed by atoms with E-state index in [2.05, 4.69) is 0 Å². The maximum atomic E-state index is 11.9. The lowest BCUT2D eigenvalue weighted by molar-refractivity contribution is -0.132. The van der Waals surface area contributed by atoms with E-state index in [1.165, 1.54) is 0 Å². The van der Waals surface area contributed by atoms with Gasteiger partial charge in [0.1, 0.15) is 0 Å². The normalized spacial score (nSPS) is 16.1. The lowest BCUT2D eigenvalue weighted by Gasteiger charge is -2.25. The van der Waals surface area contributed by atoms with Crippen LogP contribution in [0.1, 0.15) is 29.6 Å². The Kier molecular flexibility index (Phi) is 3.79. The molecule has 0 radical (unpaired) electrons. The van der Waals surface area contributed by atoms with Crippen molar-refractivity contribution in [1.29, 1.82) is 0 Å². The van der Waals surface area contributed by atoms with Crippen molar-refractivity contribution in [3.8, 4) is 0 Å². The first-order valence-corrected chi connectivity index (χ1v) is 6.11. The Morgan fingerprint density at radius 3 is 2.59 bits per heavy atom. The molecule has 1 amide bonds. The number of rotatable bonds is 3. The Bertz CT molecular complexity index is 428. The lowest BCUT2D eigenvalue weighted by atomic mass is 10.1. The van der Waals surface area contributed by atoms with Crippen LogP contribution < -0.4 is 0 Å². The van der Waals surface area contributed by atoms with E-state index in [4.69, 9.17) is 11.6 Å². The van der Waals surface area contributed by atoms with Crippen LogP contribution in [0, 0.1) is 0 Å². The monoisotopic (exact) mass is 251 g/mol. The molecule has 0 aromatic heterocycles. The van der Waals surface area contributed by atoms with E-state index >= 15 is 0 Å². The van der Waals surface area contributed by atoms with Crippen molar-refractivity contribution in [3.63, 3.8) is 0 Å². The molecule has 90 valence electrons. The summed E-state index contributed by atoms with van der Waals surface area (Å²) in [5.41, 5.74) is 0.604. The Labute approximate surface area is 105 Å². The van der Waals surface area contributed by atoms with Gasteiger partial charge in [0, 0.05) is 23.6 Å². The second-order valence-corrected chi connectivity index (χ2v) is 4.64. The van der Waals surface area contributed by atoms with E-state index in [1.807, 2.05) is 0 Å². The SMILES string of the molecule is O=C(CN1CCCCC1=O)c1ccc(Cl)cc1. The number of carbonyl (C=O) groups excluding carboxylic acids is 2. The molecular formula is C13H14ClNO2. The number of ketones is 1. The number of carbonyl (C=O) groups is 2. The summed E-state index contributed by atoms with van der Waals surface area (Å²) in [5.74, 6) is 0.0514. The fourth-order valence-electron chi connectivity index (χ4n) is 1.93. The van der Waals surface area contributed by atoms with E-state index < -0.39 is 0 Å². The first-order valence-electron chi connectivity index (χ1n) is 5.73. The van der Waals surface area contributed by atoms with Crippen molar-refractivity contribution >= 4 is 23.3 Å². The summed E-state index contributed by atoms with van der Waals surface area (Å²) in [4.78, 5) is 25.1. The molecule has 0 N–H and O–H groups in total. The van der Waals surface area contributed by atoms with Crippen molar-refractivity contribution in [2.45, 2.75) is 19.3 Å². The molecule has 0 aliphatic carbocycles. The zero-order valence-electron chi connectivity index (χ0n) is 9.49. The van der Waals surface area contributed by atoms with Crippen LogP contribution in [0.2, 0.25) is 5.02 Å². The smallest absolute Gasteiger partial charge is 0.222 e. The fraction of sp³-hybridized carbons (Fsp3) is 0.385. The van der Waals surface area contributed by atoms with Crippen LogP contribution >= 0.6 is 11.6 Å². The van der Waals surface area contributed by atoms with Crippen molar-refractivity contribution in [2.24, 2.45) is 0 Å². The third-order valence-electron chi connectivity index (χ3n) is 2.92. The van der Waals surface area contributed by atoms with Gasteiger partial charge in [0.05, 0.1) is 6.54 Å². The highest BCUT2D eigenvalue weighted by Crippen LogP contribution is 2.13. The molecule has 4 heteroatoms. The summed E-state index contributed by atoms with van der Waals surface area (Å²) in [6.45, 7) is 0.874. The largest absolute Gasteiger partial charge is 0.335 e. The number of benzene rings is 1. The van der Waals surface area contributed by atoms with Gasteiger partial charge in [0.25, 0.3) is 0 Å². The number of amides is 1. The average molecular weight is 252 g/mol. The maximum absolute atomic E-state index is 11.9. The first-order chi connectivity index (χ1) is 8.16. The number of nitrogens with zero attached hydrogens (tertiary/aromatic N) is 1. The number of likely N-dealkylation sites (tertiary alicyclic amines) is 1. The Morgan fingerprint density at radius 2 is 1.94 bits per heavy atom. The van der Waals surface area contributed by atoms with Crippen LogP contribution in [0.5, 0.6) is 0 Å². The third-order valence-corrected chi connectivity index (χ3v) is 3.17. The van der Waals surface area contributed by atoms with Gasteiger partial charge in [0.15, 0.2) is 5.78 Å². The summed E-state index contributed by atoms with van der Waals surface area (Å²) >= 11 is 5.76. The number of Topliss-reactive ketones (excluding diaryl/α,β-unsaturated/α-hetero) is 1. The molecule has 0 bridgehead atoms. The molecule has 1 aromatic carbocycles. The van der Waals surface area contributed by atoms with E-state index in [1.54, 1.807) is 29.2 Å². The van der Waals surface area contributed by atoms with Crippen molar-refractivity contribution < 1.29 is 9.59 Å². The molecule has 1 aliphatic heterocycles. The molecule has 1 fully saturated rings. The molecule has 1 aliphatic rings. The lowest BCUT2D eigenvalue weighted by Crippen LogP contribution is -2.39. The Balaban J connectivity index is 2.01. The van der Waals surface area contributed by atoms with Gasteiger partial charge >= 0.3 is 0 Å². The van der Waals surface area contributed by atoms with Gasteiger partial charge in [-0.25, -0.2) is 0 Å². The molecule has 1 aromatic rings. The first kappa shape index (κ1) is 12.1. The highest BCUT2D eigenvalue weighted by Gasteiger charge is 2.20. The molecular weight excluding hydrogens is 238 g/mol. The second kappa shape index (κ2) is 5.32. The van der Waals surface area contributed by atoms with E-state index in [-0.39, 0.29) is 18.2 Å². The minimum absolute atomic E-state index is 0.0306. The van der Waals surface area contributed by atoms with Crippen LogP contribution in [-0.2, 0) is 4.79 Å². The topological polar surface area (TPSA) is 37.4 Å². The molecule has 1 heterocycles. The standard InChI is InChI=1S/C13H14ClNO2/c14-11-6-4-10(5-7-11)12(16)9-15-8-2-1-3-13(15)17/h4-7H,1-3,8-9H2. The highest BCUT2D eigenvalue weighted by atomic mass is 35.5. The van der Waals surface area contributed by atoms with Crippen LogP contribution in [0.3, 0.4) is 0 Å². The molecule has 17 heavy (non-hydrogen) atoms. The number of hydrogen-bond acceptors (Lipinski definition) is 2. The van der Waals surface area contributed by atoms with Gasteiger partial charge in [-0.2, -0.15) is 0 Å². The van der Waals surface area contributed by atoms with Gasteiger partial charge in [-0.15, -0.1) is 0 Å². The fourth-order valence-corrected chi connectivity index (χ4v) is 2.06. The van der Waals surface area contributed by atoms with Gasteiger partial charge in [-0.1, -0.05) is 11.6 Å². The van der Waals surface area contributed by atoms with Crippen molar-refractivity contribution in [3.05, 3.63) is 34.9 Å². The molecule has 3 nitrogen and oxygen atoms in total. The molecule has 0 spiro atoms. The molecule has 0 atom stereocenters. The minimum Gasteiger partial charge on any atom is -0.335 e. The Morgan fingerprint density at radius 1 is 1.24 bits per heavy atom. The van der Waals surface area contributed by atoms with Crippen LogP contribution in [0.15, 0.2) is 24.3 Å². The average Bonchev–Trinajstić information content (AvgIpc) is 2.33. The quantitative estimate of drug-likeness (QED) is 0.775. The summed E-state index contributed by atoms with van der Waals surface area (Å²) in [5, 5.41) is 0.607.